The molecule has 0 fully saturated rings. The van der Waals surface area contributed by atoms with Crippen molar-refractivity contribution in [3.8, 4) is 5.75 Å². The molecule has 2 N–H and O–H groups in total. The molecule has 1 aliphatic carbocycles. The summed E-state index contributed by atoms with van der Waals surface area (Å²) in [5.41, 5.74) is 4.61. The SMILES string of the molecule is CC1=C(C(=O)OCCc2ccccc2)[C@@H](c2ccc(O)cc2)C2=C(CCCC2=O)N1. The number of esters is 1. The number of allylic oxidation sites excluding steroid dienone is 3. The van der Waals surface area contributed by atoms with Gasteiger partial charge in [0.05, 0.1) is 12.2 Å². The Morgan fingerprint density at radius 1 is 1.10 bits per heavy atom. The minimum Gasteiger partial charge on any atom is -0.508 e. The number of benzene rings is 2. The van der Waals surface area contributed by atoms with Crippen molar-refractivity contribution >= 4 is 11.8 Å². The van der Waals surface area contributed by atoms with Gasteiger partial charge in [0, 0.05) is 35.7 Å². The minimum atomic E-state index is -0.487. The number of ether oxygens (including phenoxy) is 1. The van der Waals surface area contributed by atoms with Gasteiger partial charge in [-0.2, -0.15) is 0 Å². The maximum absolute atomic E-state index is 13.1. The lowest BCUT2D eigenvalue weighted by molar-refractivity contribution is -0.139. The average molecular weight is 403 g/mol. The molecule has 2 aromatic carbocycles. The number of phenolic OH excluding ortho intramolecular Hbond substituents is 1. The number of ketones is 1. The molecule has 1 atom stereocenters. The van der Waals surface area contributed by atoms with Crippen LogP contribution in [0.4, 0.5) is 0 Å². The van der Waals surface area contributed by atoms with E-state index < -0.39 is 11.9 Å². The van der Waals surface area contributed by atoms with Gasteiger partial charge >= 0.3 is 5.97 Å². The highest BCUT2D eigenvalue weighted by molar-refractivity contribution is 6.03. The number of carbonyl (C=O) groups is 2. The van der Waals surface area contributed by atoms with E-state index >= 15 is 0 Å². The lowest BCUT2D eigenvalue weighted by Crippen LogP contribution is -2.34. The summed E-state index contributed by atoms with van der Waals surface area (Å²) in [7, 11) is 0. The molecule has 0 saturated carbocycles. The Labute approximate surface area is 176 Å². The zero-order valence-electron chi connectivity index (χ0n) is 17.0. The van der Waals surface area contributed by atoms with Gasteiger partial charge in [0.1, 0.15) is 5.75 Å². The molecule has 1 aliphatic heterocycles. The molecule has 0 amide bonds. The minimum absolute atomic E-state index is 0.0592. The van der Waals surface area contributed by atoms with Gasteiger partial charge in [-0.1, -0.05) is 42.5 Å². The van der Waals surface area contributed by atoms with Crippen LogP contribution in [-0.4, -0.2) is 23.5 Å². The fourth-order valence-electron chi connectivity index (χ4n) is 4.24. The second kappa shape index (κ2) is 8.57. The maximum Gasteiger partial charge on any atom is 0.336 e. The van der Waals surface area contributed by atoms with Crippen LogP contribution in [0.25, 0.3) is 0 Å². The molecule has 154 valence electrons. The van der Waals surface area contributed by atoms with Crippen LogP contribution in [-0.2, 0) is 20.7 Å². The molecule has 2 aliphatic rings. The van der Waals surface area contributed by atoms with Gasteiger partial charge in [0.25, 0.3) is 0 Å². The maximum atomic E-state index is 13.1. The van der Waals surface area contributed by atoms with E-state index in [4.69, 9.17) is 4.74 Å². The normalized spacial score (nSPS) is 18.7. The molecular formula is C25H25NO4. The van der Waals surface area contributed by atoms with Crippen molar-refractivity contribution in [2.45, 2.75) is 38.5 Å². The lowest BCUT2D eigenvalue weighted by atomic mass is 9.75. The van der Waals surface area contributed by atoms with E-state index in [1.165, 1.54) is 0 Å². The van der Waals surface area contributed by atoms with Crippen LogP contribution >= 0.6 is 0 Å². The van der Waals surface area contributed by atoms with E-state index in [-0.39, 0.29) is 18.1 Å². The first-order valence-electron chi connectivity index (χ1n) is 10.3. The summed E-state index contributed by atoms with van der Waals surface area (Å²) in [6.07, 6.45) is 2.69. The third-order valence-electron chi connectivity index (χ3n) is 5.69. The van der Waals surface area contributed by atoms with Gasteiger partial charge in [0.15, 0.2) is 5.78 Å². The quantitative estimate of drug-likeness (QED) is 0.734. The van der Waals surface area contributed by atoms with Crippen molar-refractivity contribution in [1.29, 1.82) is 0 Å². The van der Waals surface area contributed by atoms with Gasteiger partial charge in [-0.25, -0.2) is 4.79 Å². The van der Waals surface area contributed by atoms with E-state index in [1.807, 2.05) is 37.3 Å². The van der Waals surface area contributed by atoms with E-state index in [0.29, 0.717) is 29.7 Å². The fourth-order valence-corrected chi connectivity index (χ4v) is 4.24. The number of hydrogen-bond donors (Lipinski definition) is 2. The second-order valence-corrected chi connectivity index (χ2v) is 7.73. The topological polar surface area (TPSA) is 75.6 Å². The zero-order valence-corrected chi connectivity index (χ0v) is 17.0. The molecule has 2 aromatic rings. The van der Waals surface area contributed by atoms with Gasteiger partial charge in [-0.05, 0) is 43.0 Å². The van der Waals surface area contributed by atoms with Gasteiger partial charge in [0.2, 0.25) is 0 Å². The Hall–Kier alpha value is -3.34. The van der Waals surface area contributed by atoms with Crippen LogP contribution in [0.1, 0.15) is 43.2 Å². The zero-order chi connectivity index (χ0) is 21.1. The Bertz CT molecular complexity index is 1020. The van der Waals surface area contributed by atoms with Crippen molar-refractivity contribution in [1.82, 2.24) is 5.32 Å². The molecule has 0 radical (unpaired) electrons. The summed E-state index contributed by atoms with van der Waals surface area (Å²) in [6.45, 7) is 2.12. The molecule has 5 heteroatoms. The Morgan fingerprint density at radius 3 is 2.57 bits per heavy atom. The molecule has 0 spiro atoms. The van der Waals surface area contributed by atoms with E-state index in [9.17, 15) is 14.7 Å². The van der Waals surface area contributed by atoms with Gasteiger partial charge < -0.3 is 15.2 Å². The molecule has 4 rings (SSSR count). The monoisotopic (exact) mass is 403 g/mol. The Morgan fingerprint density at radius 2 is 1.83 bits per heavy atom. The number of hydrogen-bond acceptors (Lipinski definition) is 5. The summed E-state index contributed by atoms with van der Waals surface area (Å²) in [6, 6.07) is 16.6. The summed E-state index contributed by atoms with van der Waals surface area (Å²) < 4.78 is 5.63. The molecule has 0 bridgehead atoms. The van der Waals surface area contributed by atoms with Crippen LogP contribution < -0.4 is 5.32 Å². The summed E-state index contributed by atoms with van der Waals surface area (Å²) in [5.74, 6) is -0.703. The molecule has 0 saturated heterocycles. The predicted molar refractivity (Wildman–Crippen MR) is 114 cm³/mol. The number of Topliss-reactive ketones (excluding diaryl/α,β-unsaturated/α-hetero) is 1. The molecule has 1 heterocycles. The fraction of sp³-hybridized carbons (Fsp3) is 0.280. The number of nitrogens with one attached hydrogen (secondary N) is 1. The van der Waals surface area contributed by atoms with Crippen LogP contribution in [0.2, 0.25) is 0 Å². The van der Waals surface area contributed by atoms with Crippen molar-refractivity contribution in [2.24, 2.45) is 0 Å². The lowest BCUT2D eigenvalue weighted by Gasteiger charge is -2.34. The molecule has 0 aromatic heterocycles. The first-order valence-corrected chi connectivity index (χ1v) is 10.3. The molecule has 0 unspecified atom stereocenters. The Balaban J connectivity index is 1.63. The standard InChI is InChI=1S/C25H25NO4/c1-16-22(25(29)30-15-14-17-6-3-2-4-7-17)23(18-10-12-19(27)13-11-18)24-20(26-16)8-5-9-21(24)28/h2-4,6-7,10-13,23,26-27H,5,8-9,14-15H2,1H3/t23-/m1/s1. The highest BCUT2D eigenvalue weighted by atomic mass is 16.5. The van der Waals surface area contributed by atoms with E-state index in [2.05, 4.69) is 5.32 Å². The number of phenols is 1. The summed E-state index contributed by atoms with van der Waals surface area (Å²) in [4.78, 5) is 26.0. The van der Waals surface area contributed by atoms with Gasteiger partial charge in [-0.15, -0.1) is 0 Å². The number of rotatable bonds is 5. The summed E-state index contributed by atoms with van der Waals surface area (Å²) >= 11 is 0. The highest BCUT2D eigenvalue weighted by Crippen LogP contribution is 2.42. The number of carbonyl (C=O) groups excluding carboxylic acids is 2. The van der Waals surface area contributed by atoms with Crippen LogP contribution in [0.5, 0.6) is 5.75 Å². The molecular weight excluding hydrogens is 378 g/mol. The second-order valence-electron chi connectivity index (χ2n) is 7.73. The highest BCUT2D eigenvalue weighted by Gasteiger charge is 2.39. The van der Waals surface area contributed by atoms with Crippen molar-refractivity contribution in [3.63, 3.8) is 0 Å². The first kappa shape index (κ1) is 20.0. The van der Waals surface area contributed by atoms with Crippen molar-refractivity contribution in [3.05, 3.63) is 88.3 Å². The third-order valence-corrected chi connectivity index (χ3v) is 5.69. The Kier molecular flexibility index (Phi) is 5.70. The molecule has 30 heavy (non-hydrogen) atoms. The smallest absolute Gasteiger partial charge is 0.336 e. The average Bonchev–Trinajstić information content (AvgIpc) is 2.74. The predicted octanol–water partition coefficient (Wildman–Crippen LogP) is 4.15. The third kappa shape index (κ3) is 4.01. The molecule has 5 nitrogen and oxygen atoms in total. The van der Waals surface area contributed by atoms with Crippen LogP contribution in [0, 0.1) is 0 Å². The van der Waals surface area contributed by atoms with Crippen LogP contribution in [0.3, 0.4) is 0 Å². The first-order chi connectivity index (χ1) is 14.5. The van der Waals surface area contributed by atoms with E-state index in [0.717, 1.165) is 29.7 Å². The van der Waals surface area contributed by atoms with Crippen LogP contribution in [0.15, 0.2) is 77.1 Å². The number of dihydropyridines is 1. The van der Waals surface area contributed by atoms with Gasteiger partial charge in [-0.3, -0.25) is 4.79 Å². The largest absolute Gasteiger partial charge is 0.508 e. The number of aromatic hydroxyl groups is 1. The van der Waals surface area contributed by atoms with Crippen molar-refractivity contribution in [2.75, 3.05) is 6.61 Å². The van der Waals surface area contributed by atoms with E-state index in [1.54, 1.807) is 24.3 Å². The van der Waals surface area contributed by atoms with Crippen molar-refractivity contribution < 1.29 is 19.4 Å². The summed E-state index contributed by atoms with van der Waals surface area (Å²) in [5, 5.41) is 13.0.